The molecule has 124 valence electrons. The van der Waals surface area contributed by atoms with E-state index in [-0.39, 0.29) is 6.10 Å². The molecule has 21 heavy (non-hydrogen) atoms. The predicted octanol–water partition coefficient (Wildman–Crippen LogP) is 5.08. The van der Waals surface area contributed by atoms with Crippen molar-refractivity contribution < 1.29 is 15.0 Å². The Hall–Kier alpha value is -0.830. The quantitative estimate of drug-likeness (QED) is 0.327. The third-order valence-corrected chi connectivity index (χ3v) is 3.81. The van der Waals surface area contributed by atoms with Crippen LogP contribution in [0, 0.1) is 0 Å². The van der Waals surface area contributed by atoms with Crippen molar-refractivity contribution in [2.75, 3.05) is 0 Å². The maximum absolute atomic E-state index is 10.3. The zero-order valence-corrected chi connectivity index (χ0v) is 13.7. The Labute approximate surface area is 130 Å². The minimum Gasteiger partial charge on any atom is -0.481 e. The first-order chi connectivity index (χ1) is 10.2. The second kappa shape index (κ2) is 15.6. The highest BCUT2D eigenvalue weighted by Gasteiger charge is 1.99. The number of carboxylic acid groups (broad SMARTS) is 1. The topological polar surface area (TPSA) is 57.5 Å². The fourth-order valence-electron chi connectivity index (χ4n) is 2.33. The summed E-state index contributed by atoms with van der Waals surface area (Å²) in [6.45, 7) is 2.03. The average Bonchev–Trinajstić information content (AvgIpc) is 2.46. The van der Waals surface area contributed by atoms with Crippen molar-refractivity contribution in [2.24, 2.45) is 0 Å². The van der Waals surface area contributed by atoms with Crippen LogP contribution in [0.25, 0.3) is 0 Å². The van der Waals surface area contributed by atoms with Gasteiger partial charge in [-0.15, -0.1) is 0 Å². The van der Waals surface area contributed by atoms with Crippen LogP contribution in [0.4, 0.5) is 0 Å². The van der Waals surface area contributed by atoms with Gasteiger partial charge >= 0.3 is 5.97 Å². The summed E-state index contributed by atoms with van der Waals surface area (Å²) in [4.78, 5) is 10.3. The Bertz CT molecular complexity index is 261. The van der Waals surface area contributed by atoms with Gasteiger partial charge in [-0.05, 0) is 44.9 Å². The van der Waals surface area contributed by atoms with E-state index in [4.69, 9.17) is 5.11 Å². The Morgan fingerprint density at radius 3 is 2.00 bits per heavy atom. The molecule has 2 N–H and O–H groups in total. The van der Waals surface area contributed by atoms with Crippen molar-refractivity contribution in [1.29, 1.82) is 0 Å². The van der Waals surface area contributed by atoms with E-state index in [2.05, 4.69) is 12.2 Å². The molecule has 0 aromatic rings. The van der Waals surface area contributed by atoms with Crippen molar-refractivity contribution >= 4 is 5.97 Å². The lowest BCUT2D eigenvalue weighted by Gasteiger charge is -2.05. The summed E-state index contributed by atoms with van der Waals surface area (Å²) in [7, 11) is 0. The summed E-state index contributed by atoms with van der Waals surface area (Å²) in [5.74, 6) is -0.679. The Balaban J connectivity index is 3.14. The van der Waals surface area contributed by atoms with Gasteiger partial charge in [-0.2, -0.15) is 0 Å². The SMILES string of the molecule is CCC(O)CCCCC/C=C/CCCCCCCC(=O)O. The number of hydrogen-bond acceptors (Lipinski definition) is 2. The van der Waals surface area contributed by atoms with Crippen LogP contribution in [0.2, 0.25) is 0 Å². The molecule has 0 amide bonds. The van der Waals surface area contributed by atoms with Crippen molar-refractivity contribution in [2.45, 2.75) is 96.5 Å². The normalized spacial score (nSPS) is 12.9. The van der Waals surface area contributed by atoms with Gasteiger partial charge < -0.3 is 10.2 Å². The molecular weight excluding hydrogens is 264 g/mol. The van der Waals surface area contributed by atoms with Crippen LogP contribution < -0.4 is 0 Å². The fourth-order valence-corrected chi connectivity index (χ4v) is 2.33. The van der Waals surface area contributed by atoms with Crippen LogP contribution in [0.15, 0.2) is 12.2 Å². The van der Waals surface area contributed by atoms with E-state index >= 15 is 0 Å². The molecule has 1 atom stereocenters. The molecule has 0 aliphatic heterocycles. The number of unbranched alkanes of at least 4 members (excludes halogenated alkanes) is 8. The number of aliphatic hydroxyl groups is 1. The first kappa shape index (κ1) is 20.2. The summed E-state index contributed by atoms with van der Waals surface area (Å²) in [6, 6.07) is 0. The molecule has 0 aliphatic carbocycles. The molecule has 0 aromatic heterocycles. The lowest BCUT2D eigenvalue weighted by molar-refractivity contribution is -0.137. The molecule has 1 unspecified atom stereocenters. The van der Waals surface area contributed by atoms with Gasteiger partial charge in [-0.25, -0.2) is 0 Å². The highest BCUT2D eigenvalue weighted by Crippen LogP contribution is 2.10. The molecule has 3 nitrogen and oxygen atoms in total. The third-order valence-electron chi connectivity index (χ3n) is 3.81. The number of aliphatic hydroxyl groups excluding tert-OH is 1. The van der Waals surface area contributed by atoms with Crippen molar-refractivity contribution in [1.82, 2.24) is 0 Å². The first-order valence-corrected chi connectivity index (χ1v) is 8.71. The number of carboxylic acids is 1. The van der Waals surface area contributed by atoms with E-state index in [9.17, 15) is 9.90 Å². The predicted molar refractivity (Wildman–Crippen MR) is 88.5 cm³/mol. The van der Waals surface area contributed by atoms with E-state index in [1.54, 1.807) is 0 Å². The summed E-state index contributed by atoms with van der Waals surface area (Å²) in [5, 5.41) is 17.9. The van der Waals surface area contributed by atoms with E-state index in [0.29, 0.717) is 6.42 Å². The Morgan fingerprint density at radius 2 is 1.43 bits per heavy atom. The van der Waals surface area contributed by atoms with Crippen molar-refractivity contribution in [3.05, 3.63) is 12.2 Å². The number of aliphatic carboxylic acids is 1. The zero-order chi connectivity index (χ0) is 15.8. The van der Waals surface area contributed by atoms with Gasteiger partial charge in [-0.1, -0.05) is 51.2 Å². The number of rotatable bonds is 15. The highest BCUT2D eigenvalue weighted by atomic mass is 16.4. The van der Waals surface area contributed by atoms with Gasteiger partial charge in [0.15, 0.2) is 0 Å². The molecule has 0 radical (unpaired) electrons. The second-order valence-corrected chi connectivity index (χ2v) is 5.87. The summed E-state index contributed by atoms with van der Waals surface area (Å²) < 4.78 is 0. The number of carbonyl (C=O) groups is 1. The van der Waals surface area contributed by atoms with Gasteiger partial charge in [0.05, 0.1) is 6.10 Å². The van der Waals surface area contributed by atoms with Crippen molar-refractivity contribution in [3.8, 4) is 0 Å². The van der Waals surface area contributed by atoms with E-state index in [0.717, 1.165) is 51.4 Å². The van der Waals surface area contributed by atoms with Crippen LogP contribution in [0.3, 0.4) is 0 Å². The van der Waals surface area contributed by atoms with Crippen LogP contribution in [-0.4, -0.2) is 22.3 Å². The largest absolute Gasteiger partial charge is 0.481 e. The fraction of sp³-hybridized carbons (Fsp3) is 0.833. The summed E-state index contributed by atoms with van der Waals surface area (Å²) in [6.07, 6.45) is 17.9. The molecule has 0 bridgehead atoms. The second-order valence-electron chi connectivity index (χ2n) is 5.87. The molecule has 0 heterocycles. The Morgan fingerprint density at radius 1 is 0.905 bits per heavy atom. The average molecular weight is 298 g/mol. The first-order valence-electron chi connectivity index (χ1n) is 8.71. The van der Waals surface area contributed by atoms with Crippen LogP contribution in [0.5, 0.6) is 0 Å². The highest BCUT2D eigenvalue weighted by molar-refractivity contribution is 5.66. The molecule has 0 rings (SSSR count). The number of hydrogen-bond donors (Lipinski definition) is 2. The molecule has 0 aromatic carbocycles. The lowest BCUT2D eigenvalue weighted by Crippen LogP contribution is -2.03. The monoisotopic (exact) mass is 298 g/mol. The molecule has 0 spiro atoms. The van der Waals surface area contributed by atoms with Crippen LogP contribution in [0.1, 0.15) is 90.4 Å². The molecule has 0 saturated carbocycles. The van der Waals surface area contributed by atoms with Crippen molar-refractivity contribution in [3.63, 3.8) is 0 Å². The van der Waals surface area contributed by atoms with E-state index in [1.165, 1.54) is 25.7 Å². The zero-order valence-electron chi connectivity index (χ0n) is 13.7. The number of allylic oxidation sites excluding steroid dienone is 2. The maximum atomic E-state index is 10.3. The van der Waals surface area contributed by atoms with E-state index < -0.39 is 5.97 Å². The van der Waals surface area contributed by atoms with Gasteiger partial charge in [0.1, 0.15) is 0 Å². The molecule has 0 aliphatic rings. The summed E-state index contributed by atoms with van der Waals surface area (Å²) in [5.41, 5.74) is 0. The lowest BCUT2D eigenvalue weighted by atomic mass is 10.1. The van der Waals surface area contributed by atoms with Gasteiger partial charge in [0.25, 0.3) is 0 Å². The Kier molecular flexibility index (Phi) is 14.9. The summed E-state index contributed by atoms with van der Waals surface area (Å²) >= 11 is 0. The minimum atomic E-state index is -0.679. The molecule has 0 saturated heterocycles. The van der Waals surface area contributed by atoms with Crippen LogP contribution >= 0.6 is 0 Å². The maximum Gasteiger partial charge on any atom is 0.303 e. The third kappa shape index (κ3) is 17.1. The van der Waals surface area contributed by atoms with Crippen LogP contribution in [-0.2, 0) is 4.79 Å². The van der Waals surface area contributed by atoms with Gasteiger partial charge in [0, 0.05) is 6.42 Å². The smallest absolute Gasteiger partial charge is 0.303 e. The van der Waals surface area contributed by atoms with E-state index in [1.807, 2.05) is 6.92 Å². The molecule has 3 heteroatoms. The standard InChI is InChI=1S/C18H34O3/c1-2-17(19)15-13-11-9-7-5-3-4-6-8-10-12-14-16-18(20)21/h3,5,17,19H,2,4,6-16H2,1H3,(H,20,21)/b5-3+. The van der Waals surface area contributed by atoms with Gasteiger partial charge in [-0.3, -0.25) is 4.79 Å². The molecular formula is C18H34O3. The minimum absolute atomic E-state index is 0.101. The van der Waals surface area contributed by atoms with Gasteiger partial charge in [0.2, 0.25) is 0 Å². The molecule has 0 fully saturated rings.